The van der Waals surface area contributed by atoms with Crippen molar-refractivity contribution in [3.05, 3.63) is 21.9 Å². The lowest BCUT2D eigenvalue weighted by atomic mass is 10.3. The van der Waals surface area contributed by atoms with Crippen LogP contribution in [0.1, 0.15) is 28.4 Å². The van der Waals surface area contributed by atoms with Crippen LogP contribution in [0.2, 0.25) is 0 Å². The fraction of sp³-hybridized carbons (Fsp3) is 0.364. The largest absolute Gasteiger partial charge is 0.459 e. The summed E-state index contributed by atoms with van der Waals surface area (Å²) < 4.78 is 6.17. The zero-order chi connectivity index (χ0) is 11.7. The van der Waals surface area contributed by atoms with Crippen molar-refractivity contribution in [2.75, 3.05) is 0 Å². The molecule has 2 heterocycles. The lowest BCUT2D eigenvalue weighted by Gasteiger charge is -2.05. The summed E-state index contributed by atoms with van der Waals surface area (Å²) in [7, 11) is 0. The van der Waals surface area contributed by atoms with Gasteiger partial charge < -0.3 is 9.84 Å². The molecule has 0 aliphatic carbocycles. The number of hydrogen-bond acceptors (Lipinski definition) is 5. The van der Waals surface area contributed by atoms with Crippen molar-refractivity contribution < 1.29 is 14.6 Å². The van der Waals surface area contributed by atoms with Gasteiger partial charge in [0.15, 0.2) is 0 Å². The summed E-state index contributed by atoms with van der Waals surface area (Å²) in [6.45, 7) is 3.72. The van der Waals surface area contributed by atoms with Crippen LogP contribution in [0.3, 0.4) is 0 Å². The van der Waals surface area contributed by atoms with Crippen LogP contribution in [0.15, 0.2) is 12.1 Å². The monoisotopic (exact) mass is 256 g/mol. The third-order valence-corrected chi connectivity index (χ3v) is 4.32. The van der Waals surface area contributed by atoms with Crippen molar-refractivity contribution in [2.45, 2.75) is 26.6 Å². The van der Waals surface area contributed by atoms with Gasteiger partial charge in [0.05, 0.1) is 16.7 Å². The molecule has 16 heavy (non-hydrogen) atoms. The van der Waals surface area contributed by atoms with Gasteiger partial charge in [0.1, 0.15) is 4.88 Å². The minimum absolute atomic E-state index is 0.0534. The fourth-order valence-electron chi connectivity index (χ4n) is 1.34. The zero-order valence-corrected chi connectivity index (χ0v) is 10.7. The number of aliphatic hydroxyl groups is 1. The van der Waals surface area contributed by atoms with Gasteiger partial charge in [-0.3, -0.25) is 0 Å². The Morgan fingerprint density at radius 2 is 2.19 bits per heavy atom. The Morgan fingerprint density at radius 1 is 1.44 bits per heavy atom. The Bertz CT molecular complexity index is 479. The Balaban J connectivity index is 2.26. The number of carbonyl (C=O) groups excluding carboxylic acids is 1. The van der Waals surface area contributed by atoms with Crippen LogP contribution in [0.5, 0.6) is 0 Å². The molecule has 1 N–H and O–H groups in total. The molecule has 0 unspecified atom stereocenters. The van der Waals surface area contributed by atoms with Crippen molar-refractivity contribution in [1.29, 1.82) is 0 Å². The van der Waals surface area contributed by atoms with Crippen LogP contribution >= 0.6 is 22.7 Å². The van der Waals surface area contributed by atoms with Crippen LogP contribution in [-0.2, 0) is 11.3 Å². The second kappa shape index (κ2) is 4.53. The van der Waals surface area contributed by atoms with E-state index >= 15 is 0 Å². The highest BCUT2D eigenvalue weighted by Crippen LogP contribution is 2.33. The maximum Gasteiger partial charge on any atom is 0.348 e. The number of esters is 1. The van der Waals surface area contributed by atoms with Gasteiger partial charge in [0.25, 0.3) is 0 Å². The van der Waals surface area contributed by atoms with Gasteiger partial charge in [-0.15, -0.1) is 22.7 Å². The van der Waals surface area contributed by atoms with Gasteiger partial charge in [0, 0.05) is 10.3 Å². The smallest absolute Gasteiger partial charge is 0.348 e. The van der Waals surface area contributed by atoms with E-state index in [4.69, 9.17) is 9.84 Å². The molecule has 86 valence electrons. The predicted molar refractivity (Wildman–Crippen MR) is 66.2 cm³/mol. The summed E-state index contributed by atoms with van der Waals surface area (Å²) in [6, 6.07) is 3.73. The molecule has 2 aromatic heterocycles. The number of ether oxygens (including phenoxy) is 1. The third kappa shape index (κ3) is 2.26. The number of rotatable bonds is 3. The maximum absolute atomic E-state index is 11.6. The molecule has 5 heteroatoms. The SMILES string of the molecule is CC(C)OC(=O)c1cc2cc(CO)sc2s1. The lowest BCUT2D eigenvalue weighted by Crippen LogP contribution is -2.09. The average molecular weight is 256 g/mol. The Kier molecular flexibility index (Phi) is 3.28. The highest BCUT2D eigenvalue weighted by Gasteiger charge is 2.14. The quantitative estimate of drug-likeness (QED) is 0.859. The summed E-state index contributed by atoms with van der Waals surface area (Å²) in [5, 5.41) is 9.99. The lowest BCUT2D eigenvalue weighted by molar-refractivity contribution is 0.0384. The van der Waals surface area contributed by atoms with E-state index in [1.165, 1.54) is 22.7 Å². The normalized spacial score (nSPS) is 11.2. The van der Waals surface area contributed by atoms with E-state index in [1.54, 1.807) is 0 Å². The summed E-state index contributed by atoms with van der Waals surface area (Å²) >= 11 is 2.93. The molecular formula is C11H12O3S2. The zero-order valence-electron chi connectivity index (χ0n) is 9.02. The van der Waals surface area contributed by atoms with E-state index in [0.29, 0.717) is 4.88 Å². The summed E-state index contributed by atoms with van der Waals surface area (Å²) in [5.74, 6) is -0.269. The molecular weight excluding hydrogens is 244 g/mol. The van der Waals surface area contributed by atoms with E-state index < -0.39 is 0 Å². The van der Waals surface area contributed by atoms with E-state index in [-0.39, 0.29) is 18.7 Å². The first-order valence-corrected chi connectivity index (χ1v) is 6.57. The Labute approximate surface area is 101 Å². The van der Waals surface area contributed by atoms with E-state index in [9.17, 15) is 4.79 Å². The number of fused-ring (bicyclic) bond motifs is 1. The third-order valence-electron chi connectivity index (χ3n) is 1.96. The molecule has 0 bridgehead atoms. The van der Waals surface area contributed by atoms with Crippen molar-refractivity contribution in [3.8, 4) is 0 Å². The van der Waals surface area contributed by atoms with Gasteiger partial charge in [-0.2, -0.15) is 0 Å². The summed E-state index contributed by atoms with van der Waals surface area (Å²) in [4.78, 5) is 13.2. The molecule has 3 nitrogen and oxygen atoms in total. The number of thiophene rings is 2. The summed E-state index contributed by atoms with van der Waals surface area (Å²) in [5.41, 5.74) is 0. The Hall–Kier alpha value is -0.910. The predicted octanol–water partition coefficient (Wildman–Crippen LogP) is 3.02. The van der Waals surface area contributed by atoms with E-state index in [1.807, 2.05) is 26.0 Å². The fourth-order valence-corrected chi connectivity index (χ4v) is 3.58. The highest BCUT2D eigenvalue weighted by molar-refractivity contribution is 7.39. The second-order valence-corrected chi connectivity index (χ2v) is 6.13. The molecule has 0 aliphatic rings. The van der Waals surface area contributed by atoms with Gasteiger partial charge in [0.2, 0.25) is 0 Å². The number of hydrogen-bond donors (Lipinski definition) is 1. The first-order chi connectivity index (χ1) is 7.60. The van der Waals surface area contributed by atoms with Gasteiger partial charge in [-0.25, -0.2) is 4.79 Å². The van der Waals surface area contributed by atoms with Crippen molar-refractivity contribution >= 4 is 38.0 Å². The summed E-state index contributed by atoms with van der Waals surface area (Å²) in [6.07, 6.45) is -0.0966. The Morgan fingerprint density at radius 3 is 2.75 bits per heavy atom. The van der Waals surface area contributed by atoms with Crippen molar-refractivity contribution in [3.63, 3.8) is 0 Å². The molecule has 0 aliphatic heterocycles. The van der Waals surface area contributed by atoms with Crippen LogP contribution in [0, 0.1) is 0 Å². The standard InChI is InChI=1S/C11H12O3S2/c1-6(2)14-10(13)9-4-7-3-8(5-12)15-11(7)16-9/h3-4,6,12H,5H2,1-2H3. The first-order valence-electron chi connectivity index (χ1n) is 4.94. The van der Waals surface area contributed by atoms with Crippen LogP contribution in [-0.4, -0.2) is 17.2 Å². The molecule has 2 rings (SSSR count). The number of carbonyl (C=O) groups is 1. The van der Waals surface area contributed by atoms with Gasteiger partial charge >= 0.3 is 5.97 Å². The highest BCUT2D eigenvalue weighted by atomic mass is 32.2. The maximum atomic E-state index is 11.6. The first kappa shape index (κ1) is 11.6. The van der Waals surface area contributed by atoms with E-state index in [0.717, 1.165) is 14.3 Å². The van der Waals surface area contributed by atoms with Gasteiger partial charge in [-0.1, -0.05) is 0 Å². The van der Waals surface area contributed by atoms with Crippen LogP contribution < -0.4 is 0 Å². The van der Waals surface area contributed by atoms with E-state index in [2.05, 4.69) is 0 Å². The molecule has 0 saturated heterocycles. The molecule has 0 fully saturated rings. The molecule has 0 radical (unpaired) electrons. The molecule has 2 aromatic rings. The average Bonchev–Trinajstić information content (AvgIpc) is 2.72. The molecule has 0 spiro atoms. The minimum Gasteiger partial charge on any atom is -0.459 e. The number of aliphatic hydroxyl groups excluding tert-OH is 1. The molecule has 0 amide bonds. The molecule has 0 atom stereocenters. The van der Waals surface area contributed by atoms with Crippen LogP contribution in [0.25, 0.3) is 9.40 Å². The van der Waals surface area contributed by atoms with Gasteiger partial charge in [-0.05, 0) is 26.0 Å². The van der Waals surface area contributed by atoms with Crippen LogP contribution in [0.4, 0.5) is 0 Å². The second-order valence-electron chi connectivity index (χ2n) is 3.68. The molecule has 0 saturated carbocycles. The van der Waals surface area contributed by atoms with Crippen molar-refractivity contribution in [2.24, 2.45) is 0 Å². The van der Waals surface area contributed by atoms with Crippen molar-refractivity contribution in [1.82, 2.24) is 0 Å². The molecule has 0 aromatic carbocycles. The topological polar surface area (TPSA) is 46.5 Å². The minimum atomic E-state index is -0.269.